The Morgan fingerprint density at radius 2 is 2.33 bits per heavy atom. The highest BCUT2D eigenvalue weighted by Gasteiger charge is 2.28. The molecule has 1 aliphatic rings. The summed E-state index contributed by atoms with van der Waals surface area (Å²) < 4.78 is 18.9. The Bertz CT molecular complexity index is 510. The van der Waals surface area contributed by atoms with Crippen LogP contribution in [0.2, 0.25) is 0 Å². The summed E-state index contributed by atoms with van der Waals surface area (Å²) in [5.74, 6) is -0.962. The van der Waals surface area contributed by atoms with Crippen molar-refractivity contribution in [1.29, 1.82) is 5.26 Å². The standard InChI is InChI=1S/C13H13FN2O2/c1-8-2-5-12(18-8)13(17)16-11-4-3-9(7-15)6-10(11)14/h3-4,6,8,12H,2,5H2,1H3,(H,16,17). The molecule has 2 atom stereocenters. The Morgan fingerprint density at radius 1 is 1.56 bits per heavy atom. The Labute approximate surface area is 104 Å². The summed E-state index contributed by atoms with van der Waals surface area (Å²) >= 11 is 0. The first kappa shape index (κ1) is 12.5. The maximum Gasteiger partial charge on any atom is 0.253 e. The highest BCUT2D eigenvalue weighted by Crippen LogP contribution is 2.22. The van der Waals surface area contributed by atoms with Gasteiger partial charge in [-0.3, -0.25) is 4.79 Å². The molecule has 2 rings (SSSR count). The Kier molecular flexibility index (Phi) is 3.58. The van der Waals surface area contributed by atoms with E-state index in [1.165, 1.54) is 12.1 Å². The molecule has 5 heteroatoms. The van der Waals surface area contributed by atoms with Gasteiger partial charge in [0.2, 0.25) is 0 Å². The fraction of sp³-hybridized carbons (Fsp3) is 0.385. The zero-order valence-corrected chi connectivity index (χ0v) is 9.94. The van der Waals surface area contributed by atoms with Crippen molar-refractivity contribution in [1.82, 2.24) is 0 Å². The molecule has 1 fully saturated rings. The lowest BCUT2D eigenvalue weighted by Crippen LogP contribution is -2.28. The highest BCUT2D eigenvalue weighted by atomic mass is 19.1. The highest BCUT2D eigenvalue weighted by molar-refractivity contribution is 5.94. The van der Waals surface area contributed by atoms with Crippen molar-refractivity contribution in [2.24, 2.45) is 0 Å². The topological polar surface area (TPSA) is 62.1 Å². The van der Waals surface area contributed by atoms with Crippen LogP contribution >= 0.6 is 0 Å². The Balaban J connectivity index is 2.06. The molecule has 0 spiro atoms. The van der Waals surface area contributed by atoms with E-state index in [0.717, 1.165) is 12.5 Å². The van der Waals surface area contributed by atoms with Crippen LogP contribution in [-0.4, -0.2) is 18.1 Å². The minimum Gasteiger partial charge on any atom is -0.365 e. The number of halogens is 1. The lowest BCUT2D eigenvalue weighted by molar-refractivity contribution is -0.126. The molecule has 0 saturated carbocycles. The largest absolute Gasteiger partial charge is 0.365 e. The molecule has 0 aliphatic carbocycles. The second-order valence-corrected chi connectivity index (χ2v) is 4.31. The summed E-state index contributed by atoms with van der Waals surface area (Å²) in [5.41, 5.74) is 0.290. The molecule has 1 aromatic carbocycles. The number of nitriles is 1. The molecule has 1 saturated heterocycles. The fourth-order valence-electron chi connectivity index (χ4n) is 1.89. The summed E-state index contributed by atoms with van der Waals surface area (Å²) in [6.07, 6.45) is 1.01. The van der Waals surface area contributed by atoms with Gasteiger partial charge in [-0.05, 0) is 38.0 Å². The van der Waals surface area contributed by atoms with Gasteiger partial charge in [-0.25, -0.2) is 4.39 Å². The number of carbonyl (C=O) groups is 1. The van der Waals surface area contributed by atoms with Gasteiger partial charge in [0.25, 0.3) is 5.91 Å². The van der Waals surface area contributed by atoms with E-state index in [1.807, 2.05) is 13.0 Å². The van der Waals surface area contributed by atoms with E-state index in [1.54, 1.807) is 0 Å². The number of nitrogens with zero attached hydrogens (tertiary/aromatic N) is 1. The van der Waals surface area contributed by atoms with E-state index >= 15 is 0 Å². The van der Waals surface area contributed by atoms with Gasteiger partial charge in [-0.1, -0.05) is 0 Å². The van der Waals surface area contributed by atoms with Gasteiger partial charge >= 0.3 is 0 Å². The molecule has 0 radical (unpaired) electrons. The zero-order valence-electron chi connectivity index (χ0n) is 9.94. The quantitative estimate of drug-likeness (QED) is 0.872. The minimum atomic E-state index is -0.617. The zero-order chi connectivity index (χ0) is 13.1. The average Bonchev–Trinajstić information content (AvgIpc) is 2.78. The molecule has 94 valence electrons. The van der Waals surface area contributed by atoms with Gasteiger partial charge in [-0.2, -0.15) is 5.26 Å². The van der Waals surface area contributed by atoms with Crippen LogP contribution in [-0.2, 0) is 9.53 Å². The first-order valence-corrected chi connectivity index (χ1v) is 5.76. The van der Waals surface area contributed by atoms with Gasteiger partial charge in [-0.15, -0.1) is 0 Å². The van der Waals surface area contributed by atoms with E-state index in [2.05, 4.69) is 5.32 Å². The molecular formula is C13H13FN2O2. The third-order valence-electron chi connectivity index (χ3n) is 2.88. The summed E-state index contributed by atoms with van der Waals surface area (Å²) in [6.45, 7) is 1.90. The van der Waals surface area contributed by atoms with Crippen LogP contribution in [0.3, 0.4) is 0 Å². The smallest absolute Gasteiger partial charge is 0.253 e. The molecule has 1 aliphatic heterocycles. The van der Waals surface area contributed by atoms with Crippen molar-refractivity contribution < 1.29 is 13.9 Å². The number of hydrogen-bond donors (Lipinski definition) is 1. The number of rotatable bonds is 2. The third kappa shape index (κ3) is 2.66. The number of ether oxygens (including phenoxy) is 1. The van der Waals surface area contributed by atoms with Gasteiger partial charge in [0.15, 0.2) is 0 Å². The van der Waals surface area contributed by atoms with Crippen LogP contribution in [0, 0.1) is 17.1 Å². The second kappa shape index (κ2) is 5.15. The monoisotopic (exact) mass is 248 g/mol. The molecule has 1 heterocycles. The van der Waals surface area contributed by atoms with Crippen molar-refractivity contribution in [3.8, 4) is 6.07 Å². The van der Waals surface area contributed by atoms with Crippen molar-refractivity contribution in [2.75, 3.05) is 5.32 Å². The number of benzene rings is 1. The number of carbonyl (C=O) groups excluding carboxylic acids is 1. The lowest BCUT2D eigenvalue weighted by Gasteiger charge is -2.12. The van der Waals surface area contributed by atoms with Crippen molar-refractivity contribution in [2.45, 2.75) is 32.0 Å². The summed E-state index contributed by atoms with van der Waals surface area (Å²) in [7, 11) is 0. The van der Waals surface area contributed by atoms with Gasteiger partial charge in [0.05, 0.1) is 23.4 Å². The molecule has 0 aromatic heterocycles. The Morgan fingerprint density at radius 3 is 2.89 bits per heavy atom. The number of amides is 1. The van der Waals surface area contributed by atoms with Crippen LogP contribution in [0.4, 0.5) is 10.1 Å². The molecule has 1 aromatic rings. The third-order valence-corrected chi connectivity index (χ3v) is 2.88. The maximum atomic E-state index is 13.6. The number of anilines is 1. The second-order valence-electron chi connectivity index (χ2n) is 4.31. The molecule has 18 heavy (non-hydrogen) atoms. The van der Waals surface area contributed by atoms with Crippen LogP contribution in [0.15, 0.2) is 18.2 Å². The molecule has 2 unspecified atom stereocenters. The van der Waals surface area contributed by atoms with Crippen LogP contribution < -0.4 is 5.32 Å². The molecule has 1 N–H and O–H groups in total. The minimum absolute atomic E-state index is 0.0616. The van der Waals surface area contributed by atoms with Crippen LogP contribution in [0.5, 0.6) is 0 Å². The molecule has 0 bridgehead atoms. The van der Waals surface area contributed by atoms with Crippen molar-refractivity contribution in [3.05, 3.63) is 29.6 Å². The summed E-state index contributed by atoms with van der Waals surface area (Å²) in [5, 5.41) is 11.1. The number of nitrogens with one attached hydrogen (secondary N) is 1. The predicted molar refractivity (Wildman–Crippen MR) is 63.3 cm³/mol. The van der Waals surface area contributed by atoms with Gasteiger partial charge in [0.1, 0.15) is 11.9 Å². The fourth-order valence-corrected chi connectivity index (χ4v) is 1.89. The van der Waals surface area contributed by atoms with E-state index < -0.39 is 11.9 Å². The summed E-state index contributed by atoms with van der Waals surface area (Å²) in [4.78, 5) is 11.8. The average molecular weight is 248 g/mol. The van der Waals surface area contributed by atoms with E-state index in [-0.39, 0.29) is 23.3 Å². The van der Waals surface area contributed by atoms with Crippen molar-refractivity contribution >= 4 is 11.6 Å². The normalized spacial score (nSPS) is 22.5. The van der Waals surface area contributed by atoms with E-state index in [4.69, 9.17) is 10.00 Å². The predicted octanol–water partition coefficient (Wildman–Crippen LogP) is 2.20. The lowest BCUT2D eigenvalue weighted by atomic mass is 10.2. The Hall–Kier alpha value is -1.93. The maximum absolute atomic E-state index is 13.6. The number of hydrogen-bond acceptors (Lipinski definition) is 3. The van der Waals surface area contributed by atoms with Crippen LogP contribution in [0.1, 0.15) is 25.3 Å². The van der Waals surface area contributed by atoms with E-state index in [0.29, 0.717) is 6.42 Å². The first-order valence-electron chi connectivity index (χ1n) is 5.76. The molecular weight excluding hydrogens is 235 g/mol. The van der Waals surface area contributed by atoms with Gasteiger partial charge in [0, 0.05) is 0 Å². The van der Waals surface area contributed by atoms with Crippen molar-refractivity contribution in [3.63, 3.8) is 0 Å². The SMILES string of the molecule is CC1CCC(C(=O)Nc2ccc(C#N)cc2F)O1. The van der Waals surface area contributed by atoms with Crippen LogP contribution in [0.25, 0.3) is 0 Å². The first-order chi connectivity index (χ1) is 8.60. The summed E-state index contributed by atoms with van der Waals surface area (Å²) in [6, 6.07) is 5.76. The van der Waals surface area contributed by atoms with Gasteiger partial charge < -0.3 is 10.1 Å². The van der Waals surface area contributed by atoms with E-state index in [9.17, 15) is 9.18 Å². The molecule has 1 amide bonds. The molecule has 4 nitrogen and oxygen atoms in total.